The maximum absolute atomic E-state index is 12.4. The van der Waals surface area contributed by atoms with E-state index in [1.54, 1.807) is 0 Å². The maximum atomic E-state index is 12.4. The number of nitrogens with one attached hydrogen (secondary N) is 2. The fraction of sp³-hybridized carbons (Fsp3) is 0.250. The minimum absolute atomic E-state index is 0.0412. The molecule has 3 aromatic rings. The lowest BCUT2D eigenvalue weighted by Gasteiger charge is -2.08. The van der Waals surface area contributed by atoms with Crippen molar-refractivity contribution in [2.75, 3.05) is 12.8 Å². The molecule has 142 valence electrons. The van der Waals surface area contributed by atoms with Gasteiger partial charge in [-0.2, -0.15) is 0 Å². The zero-order chi connectivity index (χ0) is 19.6. The lowest BCUT2D eigenvalue weighted by molar-refractivity contribution is 0.0954. The van der Waals surface area contributed by atoms with Gasteiger partial charge in [-0.15, -0.1) is 0 Å². The zero-order valence-electron chi connectivity index (χ0n) is 15.2. The van der Waals surface area contributed by atoms with Gasteiger partial charge in [-0.1, -0.05) is 36.7 Å². The summed E-state index contributed by atoms with van der Waals surface area (Å²) < 4.78 is 23.5. The van der Waals surface area contributed by atoms with Gasteiger partial charge in [-0.05, 0) is 42.2 Å². The van der Waals surface area contributed by atoms with E-state index >= 15 is 0 Å². The van der Waals surface area contributed by atoms with Crippen LogP contribution in [-0.4, -0.2) is 32.1 Å². The number of rotatable bonds is 6. The molecule has 1 amide bonds. The summed E-state index contributed by atoms with van der Waals surface area (Å²) in [5.74, 6) is -0.328. The molecular formula is C20H21ClN2O3S. The van der Waals surface area contributed by atoms with Crippen molar-refractivity contribution in [3.05, 3.63) is 64.3 Å². The number of amides is 1. The zero-order valence-corrected chi connectivity index (χ0v) is 16.7. The van der Waals surface area contributed by atoms with Gasteiger partial charge < -0.3 is 10.3 Å². The summed E-state index contributed by atoms with van der Waals surface area (Å²) in [6.45, 7) is 2.56. The monoisotopic (exact) mass is 404 g/mol. The Morgan fingerprint density at radius 1 is 1.19 bits per heavy atom. The van der Waals surface area contributed by atoms with Gasteiger partial charge in [0.1, 0.15) is 0 Å². The van der Waals surface area contributed by atoms with Gasteiger partial charge in [0.05, 0.1) is 9.92 Å². The number of carbonyl (C=O) groups is 1. The SMILES string of the molecule is CCc1cccc2c(CCNC(=O)c3ccc(Cl)c(S(C)(=O)=O)c3)c[nH]c12. The second kappa shape index (κ2) is 7.74. The number of aryl methyl sites for hydroxylation is 1. The van der Waals surface area contributed by atoms with E-state index in [9.17, 15) is 13.2 Å². The molecule has 5 nitrogen and oxygen atoms in total. The Morgan fingerprint density at radius 3 is 2.67 bits per heavy atom. The van der Waals surface area contributed by atoms with Gasteiger partial charge in [-0.3, -0.25) is 4.79 Å². The summed E-state index contributed by atoms with van der Waals surface area (Å²) in [7, 11) is -3.49. The predicted octanol–water partition coefficient (Wildman–Crippen LogP) is 3.76. The summed E-state index contributed by atoms with van der Waals surface area (Å²) in [5.41, 5.74) is 3.80. The summed E-state index contributed by atoms with van der Waals surface area (Å²) in [6, 6.07) is 10.5. The van der Waals surface area contributed by atoms with E-state index in [1.807, 2.05) is 12.3 Å². The third-order valence-electron chi connectivity index (χ3n) is 4.54. The number of sulfone groups is 1. The summed E-state index contributed by atoms with van der Waals surface area (Å²) in [4.78, 5) is 15.6. The normalized spacial score (nSPS) is 11.7. The number of halogens is 1. The van der Waals surface area contributed by atoms with Crippen molar-refractivity contribution in [3.8, 4) is 0 Å². The first kappa shape index (κ1) is 19.5. The molecule has 0 fully saturated rings. The average Bonchev–Trinajstić information content (AvgIpc) is 3.04. The molecule has 1 heterocycles. The number of aromatic nitrogens is 1. The third-order valence-corrected chi connectivity index (χ3v) is 6.12. The summed E-state index contributed by atoms with van der Waals surface area (Å²) >= 11 is 5.92. The lowest BCUT2D eigenvalue weighted by Crippen LogP contribution is -2.25. The second-order valence-electron chi connectivity index (χ2n) is 6.43. The van der Waals surface area contributed by atoms with Crippen molar-refractivity contribution in [1.29, 1.82) is 0 Å². The van der Waals surface area contributed by atoms with E-state index in [0.717, 1.165) is 29.1 Å². The molecule has 0 aliphatic heterocycles. The highest BCUT2D eigenvalue weighted by atomic mass is 35.5. The van der Waals surface area contributed by atoms with Crippen LogP contribution in [0.3, 0.4) is 0 Å². The molecule has 0 bridgehead atoms. The molecular weight excluding hydrogens is 384 g/mol. The van der Waals surface area contributed by atoms with Crippen LogP contribution in [0.5, 0.6) is 0 Å². The molecule has 0 aliphatic rings. The Kier molecular flexibility index (Phi) is 5.58. The topological polar surface area (TPSA) is 79.0 Å². The Bertz CT molecular complexity index is 1100. The van der Waals surface area contributed by atoms with Crippen molar-refractivity contribution in [3.63, 3.8) is 0 Å². The van der Waals surface area contributed by atoms with Gasteiger partial charge in [0.15, 0.2) is 9.84 Å². The van der Waals surface area contributed by atoms with E-state index in [1.165, 1.54) is 23.8 Å². The number of carbonyl (C=O) groups excluding carboxylic acids is 1. The number of H-pyrrole nitrogens is 1. The van der Waals surface area contributed by atoms with Crippen LogP contribution >= 0.6 is 11.6 Å². The minimum atomic E-state index is -3.49. The Balaban J connectivity index is 1.70. The van der Waals surface area contributed by atoms with Gasteiger partial charge in [-0.25, -0.2) is 8.42 Å². The Morgan fingerprint density at radius 2 is 1.96 bits per heavy atom. The number of benzene rings is 2. The standard InChI is InChI=1S/C20H21ClN2O3S/c1-3-13-5-4-6-16-15(12-23-19(13)16)9-10-22-20(24)14-7-8-17(21)18(11-14)27(2,25)26/h4-8,11-12,23H,3,9-10H2,1-2H3,(H,22,24). The van der Waals surface area contributed by atoms with Crippen molar-refractivity contribution in [2.45, 2.75) is 24.7 Å². The van der Waals surface area contributed by atoms with Crippen LogP contribution in [-0.2, 0) is 22.7 Å². The molecule has 7 heteroatoms. The number of para-hydroxylation sites is 1. The first-order valence-electron chi connectivity index (χ1n) is 8.67. The molecule has 0 radical (unpaired) electrons. The third kappa shape index (κ3) is 4.17. The fourth-order valence-corrected chi connectivity index (χ4v) is 4.42. The molecule has 27 heavy (non-hydrogen) atoms. The summed E-state index contributed by atoms with van der Waals surface area (Å²) in [6.07, 6.45) is 4.66. The van der Waals surface area contributed by atoms with Crippen LogP contribution in [0, 0.1) is 0 Å². The van der Waals surface area contributed by atoms with Crippen LogP contribution in [0.25, 0.3) is 10.9 Å². The summed E-state index contributed by atoms with van der Waals surface area (Å²) in [5, 5.41) is 4.11. The second-order valence-corrected chi connectivity index (χ2v) is 8.82. The van der Waals surface area contributed by atoms with E-state index in [0.29, 0.717) is 13.0 Å². The van der Waals surface area contributed by atoms with Crippen molar-refractivity contribution < 1.29 is 13.2 Å². The highest BCUT2D eigenvalue weighted by molar-refractivity contribution is 7.90. The highest BCUT2D eigenvalue weighted by Gasteiger charge is 2.16. The first-order valence-corrected chi connectivity index (χ1v) is 10.9. The van der Waals surface area contributed by atoms with Gasteiger partial charge >= 0.3 is 0 Å². The number of aromatic amines is 1. The molecule has 0 atom stereocenters. The fourth-order valence-electron chi connectivity index (χ4n) is 3.12. The molecule has 2 N–H and O–H groups in total. The van der Waals surface area contributed by atoms with E-state index in [-0.39, 0.29) is 21.4 Å². The van der Waals surface area contributed by atoms with Crippen LogP contribution < -0.4 is 5.32 Å². The molecule has 0 unspecified atom stereocenters. The largest absolute Gasteiger partial charge is 0.361 e. The Labute approximate surface area is 163 Å². The first-order chi connectivity index (χ1) is 12.8. The Hall–Kier alpha value is -2.31. The maximum Gasteiger partial charge on any atom is 0.251 e. The lowest BCUT2D eigenvalue weighted by atomic mass is 10.1. The number of fused-ring (bicyclic) bond motifs is 1. The molecule has 3 rings (SSSR count). The smallest absolute Gasteiger partial charge is 0.251 e. The van der Waals surface area contributed by atoms with Crippen LogP contribution in [0.4, 0.5) is 0 Å². The minimum Gasteiger partial charge on any atom is -0.361 e. The van der Waals surface area contributed by atoms with Gasteiger partial charge in [0.2, 0.25) is 0 Å². The number of hydrogen-bond acceptors (Lipinski definition) is 3. The van der Waals surface area contributed by atoms with E-state index in [2.05, 4.69) is 29.4 Å². The highest BCUT2D eigenvalue weighted by Crippen LogP contribution is 2.23. The predicted molar refractivity (Wildman–Crippen MR) is 108 cm³/mol. The van der Waals surface area contributed by atoms with Crippen LogP contribution in [0.2, 0.25) is 5.02 Å². The van der Waals surface area contributed by atoms with Crippen molar-refractivity contribution in [2.24, 2.45) is 0 Å². The van der Waals surface area contributed by atoms with Crippen molar-refractivity contribution >= 4 is 38.2 Å². The molecule has 0 spiro atoms. The van der Waals surface area contributed by atoms with Gasteiger partial charge in [0, 0.05) is 35.5 Å². The van der Waals surface area contributed by atoms with Crippen molar-refractivity contribution in [1.82, 2.24) is 10.3 Å². The number of hydrogen-bond donors (Lipinski definition) is 2. The quantitative estimate of drug-likeness (QED) is 0.656. The van der Waals surface area contributed by atoms with E-state index < -0.39 is 9.84 Å². The molecule has 0 saturated carbocycles. The van der Waals surface area contributed by atoms with Gasteiger partial charge in [0.25, 0.3) is 5.91 Å². The molecule has 0 aliphatic carbocycles. The molecule has 2 aromatic carbocycles. The van der Waals surface area contributed by atoms with Crippen LogP contribution in [0.15, 0.2) is 47.5 Å². The average molecular weight is 405 g/mol. The molecule has 1 aromatic heterocycles. The van der Waals surface area contributed by atoms with Crippen LogP contribution in [0.1, 0.15) is 28.4 Å². The van der Waals surface area contributed by atoms with E-state index in [4.69, 9.17) is 11.6 Å². The molecule has 0 saturated heterocycles.